The lowest BCUT2D eigenvalue weighted by Gasteiger charge is -2.33. The number of anilines is 1. The van der Waals surface area contributed by atoms with Gasteiger partial charge in [-0.1, -0.05) is 73.3 Å². The van der Waals surface area contributed by atoms with Gasteiger partial charge in [0.1, 0.15) is 18.3 Å². The van der Waals surface area contributed by atoms with Gasteiger partial charge in [-0.25, -0.2) is 8.42 Å². The molecule has 8 nitrogen and oxygen atoms in total. The predicted molar refractivity (Wildman–Crippen MR) is 168 cm³/mol. The summed E-state index contributed by atoms with van der Waals surface area (Å²) < 4.78 is 34.4. The van der Waals surface area contributed by atoms with Crippen LogP contribution in [-0.4, -0.2) is 51.4 Å². The molecule has 0 aromatic heterocycles. The smallest absolute Gasteiger partial charge is 0.264 e. The van der Waals surface area contributed by atoms with E-state index in [-0.39, 0.29) is 23.0 Å². The van der Waals surface area contributed by atoms with Gasteiger partial charge in [0.15, 0.2) is 0 Å². The predicted octanol–water partition coefficient (Wildman–Crippen LogP) is 6.23. The van der Waals surface area contributed by atoms with Crippen LogP contribution in [0.25, 0.3) is 0 Å². The van der Waals surface area contributed by atoms with Crippen LogP contribution in [0, 0.1) is 6.92 Å². The van der Waals surface area contributed by atoms with Gasteiger partial charge in [-0.05, 0) is 61.7 Å². The Hall–Kier alpha value is -3.27. The number of ether oxygens (including phenoxy) is 1. The first kappa shape index (κ1) is 33.2. The highest BCUT2D eigenvalue weighted by Gasteiger charge is 2.34. The minimum Gasteiger partial charge on any atom is -0.497 e. The minimum absolute atomic E-state index is 0.0227. The molecule has 0 spiro atoms. The maximum Gasteiger partial charge on any atom is 0.264 e. The molecule has 3 aromatic rings. The summed E-state index contributed by atoms with van der Waals surface area (Å²) in [5, 5.41) is 3.67. The molecule has 3 aromatic carbocycles. The molecule has 0 saturated heterocycles. The molecule has 0 aliphatic heterocycles. The number of hydrogen-bond acceptors (Lipinski definition) is 5. The van der Waals surface area contributed by atoms with Crippen molar-refractivity contribution in [2.24, 2.45) is 0 Å². The van der Waals surface area contributed by atoms with Crippen LogP contribution in [0.5, 0.6) is 5.75 Å². The summed E-state index contributed by atoms with van der Waals surface area (Å²) in [6, 6.07) is 16.9. The molecule has 0 bridgehead atoms. The number of rotatable bonds is 14. The highest BCUT2D eigenvalue weighted by atomic mass is 35.5. The van der Waals surface area contributed by atoms with Crippen molar-refractivity contribution in [3.8, 4) is 5.75 Å². The fraction of sp³-hybridized carbons (Fsp3) is 0.355. The third-order valence-electron chi connectivity index (χ3n) is 6.80. The van der Waals surface area contributed by atoms with Gasteiger partial charge in [0, 0.05) is 29.2 Å². The van der Waals surface area contributed by atoms with E-state index in [9.17, 15) is 18.0 Å². The normalized spacial score (nSPS) is 12.0. The van der Waals surface area contributed by atoms with Gasteiger partial charge >= 0.3 is 0 Å². The van der Waals surface area contributed by atoms with Crippen LogP contribution in [-0.2, 0) is 26.2 Å². The first-order valence-electron chi connectivity index (χ1n) is 13.8. The van der Waals surface area contributed by atoms with Crippen molar-refractivity contribution in [1.29, 1.82) is 0 Å². The highest BCUT2D eigenvalue weighted by molar-refractivity contribution is 7.92. The molecule has 3 rings (SSSR count). The number of amides is 2. The summed E-state index contributed by atoms with van der Waals surface area (Å²) in [5.41, 5.74) is 1.71. The van der Waals surface area contributed by atoms with E-state index in [0.717, 1.165) is 22.7 Å². The number of nitrogens with zero attached hydrogens (tertiary/aromatic N) is 2. The average molecular weight is 635 g/mol. The lowest BCUT2D eigenvalue weighted by molar-refractivity contribution is -0.140. The number of aryl methyl sites for hydroxylation is 1. The summed E-state index contributed by atoms with van der Waals surface area (Å²) in [5.74, 6) is -0.466. The zero-order chi connectivity index (χ0) is 30.9. The summed E-state index contributed by atoms with van der Waals surface area (Å²) in [6.45, 7) is 5.56. The fourth-order valence-corrected chi connectivity index (χ4v) is 6.27. The molecule has 0 unspecified atom stereocenters. The van der Waals surface area contributed by atoms with Crippen LogP contribution in [0.2, 0.25) is 10.0 Å². The van der Waals surface area contributed by atoms with Gasteiger partial charge in [0.25, 0.3) is 10.0 Å². The second-order valence-electron chi connectivity index (χ2n) is 9.85. The van der Waals surface area contributed by atoms with Crippen LogP contribution >= 0.6 is 23.2 Å². The number of sulfonamides is 1. The number of hydrogen-bond donors (Lipinski definition) is 1. The number of carbonyl (C=O) groups is 2. The molecule has 226 valence electrons. The topological polar surface area (TPSA) is 96.0 Å². The minimum atomic E-state index is -4.20. The molecule has 0 saturated carbocycles. The van der Waals surface area contributed by atoms with Gasteiger partial charge in [0.2, 0.25) is 11.8 Å². The van der Waals surface area contributed by atoms with E-state index in [1.807, 2.05) is 13.8 Å². The van der Waals surface area contributed by atoms with E-state index in [4.69, 9.17) is 27.9 Å². The molecule has 2 amide bonds. The summed E-state index contributed by atoms with van der Waals surface area (Å²) in [4.78, 5) is 28.9. The summed E-state index contributed by atoms with van der Waals surface area (Å²) in [7, 11) is -2.72. The fourth-order valence-electron chi connectivity index (χ4n) is 4.39. The first-order valence-corrected chi connectivity index (χ1v) is 16.0. The number of unbranched alkanes of at least 4 members (excludes halogenated alkanes) is 1. The second kappa shape index (κ2) is 15.3. The van der Waals surface area contributed by atoms with Gasteiger partial charge in [-0.15, -0.1) is 0 Å². The Morgan fingerprint density at radius 1 is 1.00 bits per heavy atom. The van der Waals surface area contributed by atoms with Gasteiger partial charge in [-0.2, -0.15) is 0 Å². The molecule has 1 atom stereocenters. The van der Waals surface area contributed by atoms with Crippen molar-refractivity contribution in [2.45, 2.75) is 57.5 Å². The largest absolute Gasteiger partial charge is 0.497 e. The van der Waals surface area contributed by atoms with Crippen LogP contribution in [0.4, 0.5) is 5.69 Å². The van der Waals surface area contributed by atoms with Crippen LogP contribution in [0.3, 0.4) is 0 Å². The number of benzene rings is 3. The molecular weight excluding hydrogens is 597 g/mol. The molecule has 0 fully saturated rings. The second-order valence-corrected chi connectivity index (χ2v) is 12.6. The maximum absolute atomic E-state index is 14.2. The zero-order valence-corrected chi connectivity index (χ0v) is 26.6. The molecule has 0 radical (unpaired) electrons. The molecule has 1 N–H and O–H groups in total. The third-order valence-corrected chi connectivity index (χ3v) is 9.18. The SMILES string of the molecule is CCCCNC(=O)[C@H](CC)N(Cc1ccc(Cl)cc1Cl)C(=O)CN(c1cccc(OC)c1)S(=O)(=O)c1ccc(C)cc1. The van der Waals surface area contributed by atoms with E-state index in [2.05, 4.69) is 5.32 Å². The van der Waals surface area contributed by atoms with Crippen LogP contribution < -0.4 is 14.4 Å². The third kappa shape index (κ3) is 8.40. The Morgan fingerprint density at radius 3 is 2.33 bits per heavy atom. The summed E-state index contributed by atoms with van der Waals surface area (Å²) in [6.07, 6.45) is 1.99. The molecule has 0 heterocycles. The van der Waals surface area contributed by atoms with Crippen molar-refractivity contribution >= 4 is 50.7 Å². The number of carbonyl (C=O) groups excluding carboxylic acids is 2. The van der Waals surface area contributed by atoms with Crippen molar-refractivity contribution in [2.75, 3.05) is 24.5 Å². The van der Waals surface area contributed by atoms with Gasteiger partial charge in [-0.3, -0.25) is 13.9 Å². The molecule has 11 heteroatoms. The number of methoxy groups -OCH3 is 1. The number of halogens is 2. The first-order chi connectivity index (χ1) is 20.0. The van der Waals surface area contributed by atoms with Crippen molar-refractivity contribution < 1.29 is 22.7 Å². The lowest BCUT2D eigenvalue weighted by Crippen LogP contribution is -2.52. The Bertz CT molecular complexity index is 1480. The molecule has 0 aliphatic rings. The standard InChI is InChI=1S/C31H37Cl2N3O5S/c1-5-7-17-34-31(38)29(6-2)35(20-23-13-14-24(32)18-28(23)33)30(37)21-36(25-9-8-10-26(19-25)41-4)42(39,40)27-15-11-22(3)12-16-27/h8-16,18-19,29H,5-7,17,20-21H2,1-4H3,(H,34,38)/t29-/m0/s1. The molecule has 42 heavy (non-hydrogen) atoms. The highest BCUT2D eigenvalue weighted by Crippen LogP contribution is 2.29. The van der Waals surface area contributed by atoms with E-state index in [1.54, 1.807) is 61.5 Å². The number of nitrogens with one attached hydrogen (secondary N) is 1. The Balaban J connectivity index is 2.08. The average Bonchev–Trinajstić information content (AvgIpc) is 2.97. The van der Waals surface area contributed by atoms with Gasteiger partial charge in [0.05, 0.1) is 17.7 Å². The van der Waals surface area contributed by atoms with Crippen molar-refractivity contribution in [1.82, 2.24) is 10.2 Å². The molecular formula is C31H37Cl2N3O5S. The van der Waals surface area contributed by atoms with E-state index >= 15 is 0 Å². The van der Waals surface area contributed by atoms with E-state index in [0.29, 0.717) is 34.3 Å². The van der Waals surface area contributed by atoms with E-state index < -0.39 is 28.5 Å². The Kier molecular flexibility index (Phi) is 12.1. The molecule has 0 aliphatic carbocycles. The Labute approximate surface area is 258 Å². The maximum atomic E-state index is 14.2. The monoisotopic (exact) mass is 633 g/mol. The van der Waals surface area contributed by atoms with Crippen LogP contribution in [0.1, 0.15) is 44.2 Å². The lowest BCUT2D eigenvalue weighted by atomic mass is 10.1. The zero-order valence-electron chi connectivity index (χ0n) is 24.3. The van der Waals surface area contributed by atoms with Crippen molar-refractivity contribution in [3.63, 3.8) is 0 Å². The Morgan fingerprint density at radius 2 is 1.71 bits per heavy atom. The summed E-state index contributed by atoms with van der Waals surface area (Å²) >= 11 is 12.6. The van der Waals surface area contributed by atoms with Gasteiger partial charge < -0.3 is 15.0 Å². The quantitative estimate of drug-likeness (QED) is 0.212. The van der Waals surface area contributed by atoms with Crippen LogP contribution in [0.15, 0.2) is 71.6 Å². The van der Waals surface area contributed by atoms with Crippen molar-refractivity contribution in [3.05, 3.63) is 87.9 Å². The van der Waals surface area contributed by atoms with E-state index in [1.165, 1.54) is 24.1 Å².